The first-order chi connectivity index (χ1) is 22.5. The van der Waals surface area contributed by atoms with Crippen LogP contribution in [-0.2, 0) is 19.9 Å². The molecule has 0 fully saturated rings. The summed E-state index contributed by atoms with van der Waals surface area (Å²) in [5, 5.41) is 10.2. The summed E-state index contributed by atoms with van der Waals surface area (Å²) >= 11 is 7.79. The van der Waals surface area contributed by atoms with Crippen LogP contribution in [0.3, 0.4) is 0 Å². The van der Waals surface area contributed by atoms with Crippen molar-refractivity contribution in [2.45, 2.75) is 118 Å². The van der Waals surface area contributed by atoms with E-state index in [0.717, 1.165) is 36.0 Å². The fourth-order valence-corrected chi connectivity index (χ4v) is 7.15. The summed E-state index contributed by atoms with van der Waals surface area (Å²) in [6.45, 7) is 2.02. The van der Waals surface area contributed by atoms with E-state index < -0.39 is 11.7 Å². The molecule has 0 saturated carbocycles. The molecule has 0 saturated heterocycles. The van der Waals surface area contributed by atoms with Crippen molar-refractivity contribution in [1.82, 2.24) is 0 Å². The summed E-state index contributed by atoms with van der Waals surface area (Å²) in [7, 11) is 0. The molecule has 3 aromatic carbocycles. The van der Waals surface area contributed by atoms with Crippen molar-refractivity contribution < 1.29 is 19.4 Å². The predicted octanol–water partition coefficient (Wildman–Crippen LogP) is 10.9. The number of carbonyl (C=O) groups is 1. The highest BCUT2D eigenvalue weighted by molar-refractivity contribution is 9.12. The van der Waals surface area contributed by atoms with Gasteiger partial charge in [0, 0.05) is 16.1 Å². The summed E-state index contributed by atoms with van der Waals surface area (Å²) in [6.07, 6.45) is 15.3. The molecule has 252 valence electrons. The first-order valence-corrected chi connectivity index (χ1v) is 19.2. The number of aliphatic hydroxyl groups excluding tert-OH is 1. The second kappa shape index (κ2) is 22.6. The highest BCUT2D eigenvalue weighted by Gasteiger charge is 2.38. The molecule has 1 N–H and O–H groups in total. The van der Waals surface area contributed by atoms with Gasteiger partial charge in [-0.25, -0.2) is 0 Å². The maximum absolute atomic E-state index is 12.8. The van der Waals surface area contributed by atoms with Gasteiger partial charge < -0.3 is 14.6 Å². The smallest absolute Gasteiger partial charge is 0.306 e. The number of aliphatic hydroxyl groups is 1. The Morgan fingerprint density at radius 2 is 1.07 bits per heavy atom. The van der Waals surface area contributed by atoms with Gasteiger partial charge in [-0.1, -0.05) is 194 Å². The van der Waals surface area contributed by atoms with E-state index in [0.29, 0.717) is 16.1 Å². The van der Waals surface area contributed by atoms with E-state index in [2.05, 4.69) is 38.8 Å². The van der Waals surface area contributed by atoms with Gasteiger partial charge in [0.05, 0.1) is 13.2 Å². The maximum Gasteiger partial charge on any atom is 0.306 e. The van der Waals surface area contributed by atoms with Crippen LogP contribution in [0.5, 0.6) is 0 Å². The van der Waals surface area contributed by atoms with Crippen LogP contribution in [0.25, 0.3) is 0 Å². The second-order valence-corrected chi connectivity index (χ2v) is 14.6. The minimum atomic E-state index is -0.930. The molecule has 0 aliphatic rings. The van der Waals surface area contributed by atoms with E-state index >= 15 is 0 Å². The Kier molecular flexibility index (Phi) is 18.9. The van der Waals surface area contributed by atoms with Crippen LogP contribution in [0.15, 0.2) is 91.0 Å². The molecule has 0 aromatic heterocycles. The molecule has 0 bridgehead atoms. The second-order valence-electron chi connectivity index (χ2n) is 12.3. The predicted molar refractivity (Wildman–Crippen MR) is 198 cm³/mol. The number of hydrogen-bond acceptors (Lipinski definition) is 4. The third kappa shape index (κ3) is 12.9. The molecule has 2 unspecified atom stereocenters. The molecule has 3 atom stereocenters. The monoisotopic (exact) mass is 756 g/mol. The average molecular weight is 759 g/mol. The van der Waals surface area contributed by atoms with Crippen molar-refractivity contribution >= 4 is 37.8 Å². The number of benzene rings is 3. The molecule has 0 amide bonds. The summed E-state index contributed by atoms with van der Waals surface area (Å²) < 4.78 is 12.5. The van der Waals surface area contributed by atoms with Crippen LogP contribution < -0.4 is 0 Å². The highest BCUT2D eigenvalue weighted by Crippen LogP contribution is 2.40. The summed E-state index contributed by atoms with van der Waals surface area (Å²) in [6, 6.07) is 30.2. The summed E-state index contributed by atoms with van der Waals surface area (Å²) in [4.78, 5) is 13.8. The zero-order chi connectivity index (χ0) is 32.9. The largest absolute Gasteiger partial charge is 0.457 e. The summed E-state index contributed by atoms with van der Waals surface area (Å²) in [5.41, 5.74) is 1.96. The molecule has 0 aliphatic carbocycles. The maximum atomic E-state index is 12.8. The standard InChI is InChI=1S/C40H54Br2O4/c1-2-3-4-5-7-19-28-37(41)38(42)29-20-8-6-9-21-30-39(44)46-36(31-43)32-45-40(33-22-13-10-14-23-33,34-24-15-11-16-25-34)35-26-17-12-18-27-35/h10-18,22-27,36-38,43H,2-9,19-21,28-32H2,1H3/t36-,37?,38?/m0/s1. The van der Waals surface area contributed by atoms with Gasteiger partial charge in [-0.05, 0) is 36.0 Å². The Labute approximate surface area is 294 Å². The zero-order valence-electron chi connectivity index (χ0n) is 27.6. The molecule has 46 heavy (non-hydrogen) atoms. The fourth-order valence-electron chi connectivity index (χ4n) is 5.98. The van der Waals surface area contributed by atoms with E-state index in [4.69, 9.17) is 9.47 Å². The normalized spacial score (nSPS) is 13.7. The number of rotatable bonds is 24. The molecular formula is C40H54Br2O4. The molecule has 4 nitrogen and oxygen atoms in total. The van der Waals surface area contributed by atoms with Crippen LogP contribution in [0.2, 0.25) is 0 Å². The third-order valence-electron chi connectivity index (χ3n) is 8.62. The van der Waals surface area contributed by atoms with Crippen molar-refractivity contribution in [2.24, 2.45) is 0 Å². The van der Waals surface area contributed by atoms with Crippen molar-refractivity contribution in [3.8, 4) is 0 Å². The van der Waals surface area contributed by atoms with Crippen molar-refractivity contribution in [1.29, 1.82) is 0 Å². The minimum absolute atomic E-state index is 0.0576. The number of alkyl halides is 2. The van der Waals surface area contributed by atoms with Crippen LogP contribution in [0.1, 0.15) is 114 Å². The van der Waals surface area contributed by atoms with E-state index in [1.807, 2.05) is 91.0 Å². The van der Waals surface area contributed by atoms with Crippen LogP contribution in [-0.4, -0.2) is 40.0 Å². The van der Waals surface area contributed by atoms with E-state index in [1.54, 1.807) is 0 Å². The van der Waals surface area contributed by atoms with Gasteiger partial charge in [0.1, 0.15) is 11.7 Å². The molecule has 3 aromatic rings. The third-order valence-corrected chi connectivity index (χ3v) is 11.5. The lowest BCUT2D eigenvalue weighted by Gasteiger charge is -2.36. The van der Waals surface area contributed by atoms with Gasteiger partial charge >= 0.3 is 5.97 Å². The molecule has 0 radical (unpaired) electrons. The molecule has 0 spiro atoms. The molecule has 0 heterocycles. The minimum Gasteiger partial charge on any atom is -0.457 e. The van der Waals surface area contributed by atoms with Crippen molar-refractivity contribution in [3.63, 3.8) is 0 Å². The van der Waals surface area contributed by atoms with Crippen molar-refractivity contribution in [2.75, 3.05) is 13.2 Å². The van der Waals surface area contributed by atoms with E-state index in [1.165, 1.54) is 64.2 Å². The molecular weight excluding hydrogens is 704 g/mol. The number of carbonyl (C=O) groups excluding carboxylic acids is 1. The van der Waals surface area contributed by atoms with Crippen LogP contribution in [0.4, 0.5) is 0 Å². The fraction of sp³-hybridized carbons (Fsp3) is 0.525. The highest BCUT2D eigenvalue weighted by atomic mass is 79.9. The molecule has 3 rings (SSSR count). The topological polar surface area (TPSA) is 55.8 Å². The average Bonchev–Trinajstić information content (AvgIpc) is 3.10. The number of esters is 1. The van der Waals surface area contributed by atoms with Gasteiger partial charge in [0.2, 0.25) is 0 Å². The van der Waals surface area contributed by atoms with Crippen LogP contribution in [0, 0.1) is 0 Å². The zero-order valence-corrected chi connectivity index (χ0v) is 30.8. The number of unbranched alkanes of at least 4 members (excludes halogenated alkanes) is 9. The quantitative estimate of drug-likeness (QED) is 0.0428. The van der Waals surface area contributed by atoms with Gasteiger partial charge in [-0.15, -0.1) is 0 Å². The Hall–Kier alpha value is -1.99. The molecule has 0 aliphatic heterocycles. The SMILES string of the molecule is CCCCCCCCC(Br)C(Br)CCCCCCCC(=O)O[C@@H](CO)COC(c1ccccc1)(c1ccccc1)c1ccccc1. The number of halogens is 2. The van der Waals surface area contributed by atoms with Crippen molar-refractivity contribution in [3.05, 3.63) is 108 Å². The van der Waals surface area contributed by atoms with Gasteiger partial charge in [0.15, 0.2) is 0 Å². The van der Waals surface area contributed by atoms with E-state index in [-0.39, 0.29) is 19.2 Å². The van der Waals surface area contributed by atoms with E-state index in [9.17, 15) is 9.90 Å². The lowest BCUT2D eigenvalue weighted by atomic mass is 9.80. The number of ether oxygens (including phenoxy) is 2. The Morgan fingerprint density at radius 1 is 0.652 bits per heavy atom. The van der Waals surface area contributed by atoms with Crippen LogP contribution >= 0.6 is 31.9 Å². The lowest BCUT2D eigenvalue weighted by molar-refractivity contribution is -0.157. The Bertz CT molecular complexity index is 1090. The first-order valence-electron chi connectivity index (χ1n) is 17.4. The van der Waals surface area contributed by atoms with Gasteiger partial charge in [-0.3, -0.25) is 4.79 Å². The summed E-state index contributed by atoms with van der Waals surface area (Å²) in [5.74, 6) is -0.287. The Balaban J connectivity index is 1.43. The first kappa shape index (κ1) is 38.5. The molecule has 6 heteroatoms. The Morgan fingerprint density at radius 3 is 1.50 bits per heavy atom. The van der Waals surface area contributed by atoms with Gasteiger partial charge in [-0.2, -0.15) is 0 Å². The number of hydrogen-bond donors (Lipinski definition) is 1. The van der Waals surface area contributed by atoms with Gasteiger partial charge in [0.25, 0.3) is 0 Å². The lowest BCUT2D eigenvalue weighted by Crippen LogP contribution is -2.38.